The van der Waals surface area contributed by atoms with Crippen LogP contribution < -0.4 is 10.0 Å². The summed E-state index contributed by atoms with van der Waals surface area (Å²) in [5.41, 5.74) is 1.08. The highest BCUT2D eigenvalue weighted by Crippen LogP contribution is 2.27. The Kier molecular flexibility index (Phi) is 5.79. The van der Waals surface area contributed by atoms with E-state index in [1.165, 1.54) is 6.42 Å². The fourth-order valence-corrected chi connectivity index (χ4v) is 4.27. The van der Waals surface area contributed by atoms with Gasteiger partial charge >= 0.3 is 0 Å². The van der Waals surface area contributed by atoms with Gasteiger partial charge in [-0.3, -0.25) is 0 Å². The standard InChI is InChI=1S/C16H26N2O2S/c1-3-13-4-8-15(9-5-13)18-21(19,20)16-10-6-14(7-11-16)12-17-2/h6-7,10-11,13,15,17-18H,3-5,8-9,12H2,1-2H3. The van der Waals surface area contributed by atoms with Crippen molar-refractivity contribution in [3.63, 3.8) is 0 Å². The average molecular weight is 310 g/mol. The molecule has 5 heteroatoms. The van der Waals surface area contributed by atoms with Crippen LogP contribution in [0.5, 0.6) is 0 Å². The first kappa shape index (κ1) is 16.5. The van der Waals surface area contributed by atoms with E-state index in [0.717, 1.165) is 43.7 Å². The smallest absolute Gasteiger partial charge is 0.240 e. The van der Waals surface area contributed by atoms with Gasteiger partial charge in [0.1, 0.15) is 0 Å². The van der Waals surface area contributed by atoms with Crippen molar-refractivity contribution in [2.75, 3.05) is 7.05 Å². The number of nitrogens with one attached hydrogen (secondary N) is 2. The first-order chi connectivity index (χ1) is 10.0. The second kappa shape index (κ2) is 7.38. The largest absolute Gasteiger partial charge is 0.316 e. The van der Waals surface area contributed by atoms with Crippen molar-refractivity contribution in [1.82, 2.24) is 10.0 Å². The summed E-state index contributed by atoms with van der Waals surface area (Å²) < 4.78 is 27.7. The molecular formula is C16H26N2O2S. The van der Waals surface area contributed by atoms with E-state index in [2.05, 4.69) is 17.0 Å². The molecule has 0 amide bonds. The Morgan fingerprint density at radius 1 is 1.10 bits per heavy atom. The summed E-state index contributed by atoms with van der Waals surface area (Å²) in [4.78, 5) is 0.361. The molecule has 4 nitrogen and oxygen atoms in total. The van der Waals surface area contributed by atoms with Crippen LogP contribution in [0.1, 0.15) is 44.6 Å². The minimum absolute atomic E-state index is 0.0924. The van der Waals surface area contributed by atoms with Gasteiger partial charge in [0.05, 0.1) is 4.90 Å². The van der Waals surface area contributed by atoms with E-state index in [1.807, 2.05) is 19.2 Å². The highest BCUT2D eigenvalue weighted by atomic mass is 32.2. The summed E-state index contributed by atoms with van der Waals surface area (Å²) >= 11 is 0. The van der Waals surface area contributed by atoms with Gasteiger partial charge in [0, 0.05) is 12.6 Å². The van der Waals surface area contributed by atoms with Crippen molar-refractivity contribution in [2.45, 2.75) is 56.5 Å². The Bertz CT molecular complexity index is 532. The van der Waals surface area contributed by atoms with Gasteiger partial charge in [-0.05, 0) is 56.3 Å². The first-order valence-electron chi connectivity index (χ1n) is 7.81. The fraction of sp³-hybridized carbons (Fsp3) is 0.625. The number of benzene rings is 1. The molecule has 2 N–H and O–H groups in total. The van der Waals surface area contributed by atoms with Crippen molar-refractivity contribution in [3.05, 3.63) is 29.8 Å². The van der Waals surface area contributed by atoms with Gasteiger partial charge in [-0.25, -0.2) is 13.1 Å². The Morgan fingerprint density at radius 2 is 1.71 bits per heavy atom. The zero-order valence-corrected chi connectivity index (χ0v) is 13.7. The molecule has 0 unspecified atom stereocenters. The molecule has 1 aliphatic carbocycles. The molecule has 0 aromatic heterocycles. The van der Waals surface area contributed by atoms with E-state index in [9.17, 15) is 8.42 Å². The minimum Gasteiger partial charge on any atom is -0.316 e. The van der Waals surface area contributed by atoms with Crippen LogP contribution in [0.15, 0.2) is 29.2 Å². The van der Waals surface area contributed by atoms with Crippen molar-refractivity contribution in [2.24, 2.45) is 5.92 Å². The van der Waals surface area contributed by atoms with E-state index in [1.54, 1.807) is 12.1 Å². The zero-order chi connectivity index (χ0) is 15.3. The number of hydrogen-bond donors (Lipinski definition) is 2. The van der Waals surface area contributed by atoms with Crippen LogP contribution in [0.2, 0.25) is 0 Å². The number of sulfonamides is 1. The molecule has 2 rings (SSSR count). The van der Waals surface area contributed by atoms with Gasteiger partial charge in [0.15, 0.2) is 0 Å². The summed E-state index contributed by atoms with van der Waals surface area (Å²) in [6.07, 6.45) is 5.37. The maximum Gasteiger partial charge on any atom is 0.240 e. The molecule has 0 heterocycles. The monoisotopic (exact) mass is 310 g/mol. The highest BCUT2D eigenvalue weighted by molar-refractivity contribution is 7.89. The molecule has 0 spiro atoms. The van der Waals surface area contributed by atoms with Gasteiger partial charge in [-0.1, -0.05) is 25.5 Å². The third-order valence-corrected chi connectivity index (χ3v) is 5.90. The first-order valence-corrected chi connectivity index (χ1v) is 9.29. The Balaban J connectivity index is 1.98. The molecule has 1 saturated carbocycles. The van der Waals surface area contributed by atoms with Crippen LogP contribution in [0.25, 0.3) is 0 Å². The van der Waals surface area contributed by atoms with E-state index in [4.69, 9.17) is 0 Å². The molecule has 1 aliphatic rings. The predicted molar refractivity (Wildman–Crippen MR) is 85.6 cm³/mol. The summed E-state index contributed by atoms with van der Waals surface area (Å²) in [5, 5.41) is 3.05. The Hall–Kier alpha value is -0.910. The molecule has 1 fully saturated rings. The van der Waals surface area contributed by atoms with Crippen molar-refractivity contribution in [3.8, 4) is 0 Å². The molecule has 21 heavy (non-hydrogen) atoms. The van der Waals surface area contributed by atoms with Gasteiger partial charge < -0.3 is 5.32 Å². The third-order valence-electron chi connectivity index (χ3n) is 4.36. The van der Waals surface area contributed by atoms with Gasteiger partial charge in [0.25, 0.3) is 0 Å². The van der Waals surface area contributed by atoms with Crippen LogP contribution >= 0.6 is 0 Å². The lowest BCUT2D eigenvalue weighted by atomic mass is 9.85. The van der Waals surface area contributed by atoms with Crippen LogP contribution in [-0.4, -0.2) is 21.5 Å². The molecule has 1 aromatic rings. The van der Waals surface area contributed by atoms with E-state index in [-0.39, 0.29) is 6.04 Å². The summed E-state index contributed by atoms with van der Waals surface area (Å²) in [5.74, 6) is 0.770. The molecule has 0 saturated heterocycles. The molecule has 0 aliphatic heterocycles. The average Bonchev–Trinajstić information content (AvgIpc) is 2.48. The lowest BCUT2D eigenvalue weighted by molar-refractivity contribution is 0.306. The second-order valence-corrected chi connectivity index (χ2v) is 7.64. The molecular weight excluding hydrogens is 284 g/mol. The van der Waals surface area contributed by atoms with Crippen molar-refractivity contribution in [1.29, 1.82) is 0 Å². The SMILES string of the molecule is CCC1CCC(NS(=O)(=O)c2ccc(CNC)cc2)CC1. The van der Waals surface area contributed by atoms with Gasteiger partial charge in [0.2, 0.25) is 10.0 Å². The summed E-state index contributed by atoms with van der Waals surface area (Å²) in [6.45, 7) is 2.96. The summed E-state index contributed by atoms with van der Waals surface area (Å²) in [6, 6.07) is 7.19. The van der Waals surface area contributed by atoms with E-state index >= 15 is 0 Å². The maximum atomic E-state index is 12.4. The number of rotatable bonds is 6. The molecule has 0 bridgehead atoms. The predicted octanol–water partition coefficient (Wildman–Crippen LogP) is 2.65. The van der Waals surface area contributed by atoms with E-state index in [0.29, 0.717) is 4.90 Å². The Labute approximate surface area is 128 Å². The van der Waals surface area contributed by atoms with Crippen molar-refractivity contribution < 1.29 is 8.42 Å². The lowest BCUT2D eigenvalue weighted by Crippen LogP contribution is -2.37. The minimum atomic E-state index is -3.39. The van der Waals surface area contributed by atoms with Crippen LogP contribution in [-0.2, 0) is 16.6 Å². The van der Waals surface area contributed by atoms with Crippen LogP contribution in [0.3, 0.4) is 0 Å². The highest BCUT2D eigenvalue weighted by Gasteiger charge is 2.24. The molecule has 1 aromatic carbocycles. The molecule has 0 radical (unpaired) electrons. The fourth-order valence-electron chi connectivity index (χ4n) is 2.97. The van der Waals surface area contributed by atoms with E-state index < -0.39 is 10.0 Å². The molecule has 0 atom stereocenters. The molecule has 118 valence electrons. The quantitative estimate of drug-likeness (QED) is 0.849. The van der Waals surface area contributed by atoms with Crippen LogP contribution in [0, 0.1) is 5.92 Å². The summed E-state index contributed by atoms with van der Waals surface area (Å²) in [7, 11) is -1.51. The third kappa shape index (κ3) is 4.53. The van der Waals surface area contributed by atoms with Gasteiger partial charge in [-0.15, -0.1) is 0 Å². The Morgan fingerprint density at radius 3 is 2.24 bits per heavy atom. The topological polar surface area (TPSA) is 58.2 Å². The number of hydrogen-bond acceptors (Lipinski definition) is 3. The van der Waals surface area contributed by atoms with Gasteiger partial charge in [-0.2, -0.15) is 0 Å². The van der Waals surface area contributed by atoms with Crippen LogP contribution in [0.4, 0.5) is 0 Å². The lowest BCUT2D eigenvalue weighted by Gasteiger charge is -2.28. The maximum absolute atomic E-state index is 12.4. The van der Waals surface area contributed by atoms with Crippen molar-refractivity contribution >= 4 is 10.0 Å². The zero-order valence-electron chi connectivity index (χ0n) is 12.9. The normalized spacial score (nSPS) is 23.1. The second-order valence-electron chi connectivity index (χ2n) is 5.92.